The summed E-state index contributed by atoms with van der Waals surface area (Å²) < 4.78 is 0. The third-order valence-electron chi connectivity index (χ3n) is 4.18. The van der Waals surface area contributed by atoms with Gasteiger partial charge in [-0.3, -0.25) is 9.59 Å². The molecule has 6 nitrogen and oxygen atoms in total. The van der Waals surface area contributed by atoms with Gasteiger partial charge in [0, 0.05) is 31.8 Å². The highest BCUT2D eigenvalue weighted by molar-refractivity contribution is 7.12. The van der Waals surface area contributed by atoms with E-state index in [2.05, 4.69) is 15.3 Å². The average Bonchev–Trinajstić information content (AvgIpc) is 3.24. The Morgan fingerprint density at radius 3 is 3.00 bits per heavy atom. The zero-order valence-corrected chi connectivity index (χ0v) is 14.6. The van der Waals surface area contributed by atoms with Crippen molar-refractivity contribution in [2.24, 2.45) is 0 Å². The quantitative estimate of drug-likeness (QED) is 0.924. The van der Waals surface area contributed by atoms with E-state index < -0.39 is 0 Å². The van der Waals surface area contributed by atoms with Gasteiger partial charge in [-0.15, -0.1) is 11.3 Å². The van der Waals surface area contributed by atoms with Crippen LogP contribution in [0, 0.1) is 6.92 Å². The number of carbonyl (C=O) groups is 2. The number of carbonyl (C=O) groups excluding carboxylic acids is 2. The van der Waals surface area contributed by atoms with Gasteiger partial charge in [0.1, 0.15) is 5.82 Å². The van der Waals surface area contributed by atoms with Gasteiger partial charge in [-0.2, -0.15) is 0 Å². The molecule has 1 atom stereocenters. The highest BCUT2D eigenvalue weighted by atomic mass is 32.1. The molecule has 0 unspecified atom stereocenters. The number of amides is 2. The van der Waals surface area contributed by atoms with Gasteiger partial charge in [-0.05, 0) is 31.2 Å². The van der Waals surface area contributed by atoms with E-state index in [1.54, 1.807) is 19.2 Å². The molecule has 0 radical (unpaired) electrons. The minimum absolute atomic E-state index is 0.0298. The van der Waals surface area contributed by atoms with Gasteiger partial charge >= 0.3 is 0 Å². The summed E-state index contributed by atoms with van der Waals surface area (Å²) in [7, 11) is 0. The molecule has 0 spiro atoms. The molecule has 1 saturated heterocycles. The first-order valence-corrected chi connectivity index (χ1v) is 8.85. The largest absolute Gasteiger partial charge is 0.347 e. The predicted molar refractivity (Wildman–Crippen MR) is 91.6 cm³/mol. The van der Waals surface area contributed by atoms with Crippen LogP contribution in [0.1, 0.15) is 52.6 Å². The van der Waals surface area contributed by atoms with Crippen molar-refractivity contribution in [3.63, 3.8) is 0 Å². The van der Waals surface area contributed by atoms with Crippen LogP contribution in [0.3, 0.4) is 0 Å². The van der Waals surface area contributed by atoms with Crippen molar-refractivity contribution >= 4 is 23.2 Å². The Balaban J connectivity index is 1.81. The van der Waals surface area contributed by atoms with E-state index in [1.165, 1.54) is 11.3 Å². The predicted octanol–water partition coefficient (Wildman–Crippen LogP) is 2.46. The number of hydrogen-bond donors (Lipinski definition) is 1. The minimum atomic E-state index is -0.105. The minimum Gasteiger partial charge on any atom is -0.347 e. The fraction of sp³-hybridized carbons (Fsp3) is 0.412. The van der Waals surface area contributed by atoms with Gasteiger partial charge in [-0.1, -0.05) is 6.07 Å². The first kappa shape index (κ1) is 16.6. The molecule has 7 heteroatoms. The average molecular weight is 344 g/mol. The Hall–Kier alpha value is -2.28. The van der Waals surface area contributed by atoms with E-state index in [0.29, 0.717) is 17.2 Å². The van der Waals surface area contributed by atoms with E-state index in [4.69, 9.17) is 0 Å². The fourth-order valence-electron chi connectivity index (χ4n) is 3.04. The van der Waals surface area contributed by atoms with Crippen molar-refractivity contribution in [1.29, 1.82) is 0 Å². The maximum atomic E-state index is 12.1. The van der Waals surface area contributed by atoms with E-state index >= 15 is 0 Å². The van der Waals surface area contributed by atoms with Crippen LogP contribution >= 0.6 is 11.3 Å². The van der Waals surface area contributed by atoms with E-state index in [-0.39, 0.29) is 17.9 Å². The second-order valence-corrected chi connectivity index (χ2v) is 6.81. The lowest BCUT2D eigenvalue weighted by Crippen LogP contribution is -2.30. The van der Waals surface area contributed by atoms with Gasteiger partial charge in [0.2, 0.25) is 5.91 Å². The van der Waals surface area contributed by atoms with E-state index in [1.807, 2.05) is 23.3 Å². The van der Waals surface area contributed by atoms with Crippen LogP contribution in [0.2, 0.25) is 0 Å². The molecular formula is C17H20N4O2S. The topological polar surface area (TPSA) is 75.2 Å². The highest BCUT2D eigenvalue weighted by Gasteiger charge is 2.31. The Bertz CT molecular complexity index is 745. The number of likely N-dealkylation sites (tertiary alicyclic amines) is 1. The van der Waals surface area contributed by atoms with Crippen LogP contribution in [0.15, 0.2) is 23.7 Å². The van der Waals surface area contributed by atoms with Crippen LogP contribution in [-0.2, 0) is 11.3 Å². The summed E-state index contributed by atoms with van der Waals surface area (Å²) in [6, 6.07) is 3.61. The maximum Gasteiger partial charge on any atom is 0.261 e. The molecule has 0 aromatic carbocycles. The van der Waals surface area contributed by atoms with Crippen molar-refractivity contribution in [3.8, 4) is 0 Å². The van der Waals surface area contributed by atoms with Crippen LogP contribution in [0.5, 0.6) is 0 Å². The second-order valence-electron chi connectivity index (χ2n) is 5.86. The molecule has 0 saturated carbocycles. The molecule has 2 aromatic rings. The third kappa shape index (κ3) is 3.46. The molecule has 1 aliphatic heterocycles. The summed E-state index contributed by atoms with van der Waals surface area (Å²) in [5.41, 5.74) is 1.71. The van der Waals surface area contributed by atoms with E-state index in [0.717, 1.165) is 30.6 Å². The molecule has 0 bridgehead atoms. The third-order valence-corrected chi connectivity index (χ3v) is 5.04. The molecule has 2 aromatic heterocycles. The molecule has 126 valence electrons. The molecule has 1 aliphatic rings. The van der Waals surface area contributed by atoms with Crippen molar-refractivity contribution in [2.75, 3.05) is 6.54 Å². The van der Waals surface area contributed by atoms with Crippen LogP contribution in [-0.4, -0.2) is 33.2 Å². The molecule has 1 N–H and O–H groups in total. The van der Waals surface area contributed by atoms with Gasteiger partial charge in [0.25, 0.3) is 5.91 Å². The molecule has 1 fully saturated rings. The zero-order valence-electron chi connectivity index (χ0n) is 13.8. The summed E-state index contributed by atoms with van der Waals surface area (Å²) in [6.45, 7) is 4.54. The number of thiophene rings is 1. The normalized spacial score (nSPS) is 17.1. The first-order chi connectivity index (χ1) is 11.6. The van der Waals surface area contributed by atoms with Crippen molar-refractivity contribution in [3.05, 3.63) is 45.7 Å². The Morgan fingerprint density at radius 2 is 2.29 bits per heavy atom. The van der Waals surface area contributed by atoms with Crippen molar-refractivity contribution in [2.45, 2.75) is 39.3 Å². The van der Waals surface area contributed by atoms with Gasteiger partial charge in [-0.25, -0.2) is 9.97 Å². The molecular weight excluding hydrogens is 324 g/mol. The molecule has 2 amide bonds. The Morgan fingerprint density at radius 1 is 1.46 bits per heavy atom. The summed E-state index contributed by atoms with van der Waals surface area (Å²) in [4.78, 5) is 35.4. The molecule has 3 heterocycles. The van der Waals surface area contributed by atoms with Crippen LogP contribution in [0.25, 0.3) is 0 Å². The number of rotatable bonds is 4. The summed E-state index contributed by atoms with van der Waals surface area (Å²) >= 11 is 1.41. The number of aryl methyl sites for hydroxylation is 1. The number of nitrogens with zero attached hydrogens (tertiary/aromatic N) is 3. The van der Waals surface area contributed by atoms with Crippen molar-refractivity contribution < 1.29 is 9.59 Å². The maximum absolute atomic E-state index is 12.1. The van der Waals surface area contributed by atoms with Crippen LogP contribution < -0.4 is 5.32 Å². The number of nitrogens with one attached hydrogen (secondary N) is 1. The SMILES string of the molecule is CC(=O)N1CCC[C@H]1c1nc(C)ncc1CNC(=O)c1cccs1. The molecule has 24 heavy (non-hydrogen) atoms. The Kier molecular flexibility index (Phi) is 4.89. The smallest absolute Gasteiger partial charge is 0.261 e. The van der Waals surface area contributed by atoms with Gasteiger partial charge in [0.15, 0.2) is 0 Å². The van der Waals surface area contributed by atoms with Crippen molar-refractivity contribution in [1.82, 2.24) is 20.2 Å². The molecule has 3 rings (SSSR count). The summed E-state index contributed by atoms with van der Waals surface area (Å²) in [5, 5.41) is 4.79. The van der Waals surface area contributed by atoms with Crippen LogP contribution in [0.4, 0.5) is 0 Å². The zero-order chi connectivity index (χ0) is 17.1. The highest BCUT2D eigenvalue weighted by Crippen LogP contribution is 2.32. The molecule has 0 aliphatic carbocycles. The van der Waals surface area contributed by atoms with Gasteiger partial charge in [0.05, 0.1) is 16.6 Å². The monoisotopic (exact) mass is 344 g/mol. The summed E-state index contributed by atoms with van der Waals surface area (Å²) in [6.07, 6.45) is 3.61. The lowest BCUT2D eigenvalue weighted by molar-refractivity contribution is -0.129. The second kappa shape index (κ2) is 7.09. The lowest BCUT2D eigenvalue weighted by atomic mass is 10.1. The fourth-order valence-corrected chi connectivity index (χ4v) is 3.68. The number of hydrogen-bond acceptors (Lipinski definition) is 5. The first-order valence-electron chi connectivity index (χ1n) is 7.97. The summed E-state index contributed by atoms with van der Waals surface area (Å²) in [5.74, 6) is 0.627. The Labute approximate surface area is 144 Å². The number of aromatic nitrogens is 2. The van der Waals surface area contributed by atoms with E-state index in [9.17, 15) is 9.59 Å². The lowest BCUT2D eigenvalue weighted by Gasteiger charge is -2.24. The standard InChI is InChI=1S/C17H20N4O2S/c1-11-18-9-13(10-19-17(23)15-6-4-8-24-15)16(20-11)14-5-3-7-21(14)12(2)22/h4,6,8-9,14H,3,5,7,10H2,1-2H3,(H,19,23)/t14-/m0/s1. The van der Waals surface area contributed by atoms with Gasteiger partial charge < -0.3 is 10.2 Å².